The fraction of sp³-hybridized carbons (Fsp3) is 0.393. The second-order valence-electron chi connectivity index (χ2n) is 9.20. The molecule has 1 aliphatic heterocycles. The van der Waals surface area contributed by atoms with Crippen LogP contribution in [0.5, 0.6) is 28.7 Å². The lowest BCUT2D eigenvalue weighted by atomic mass is 9.69. The van der Waals surface area contributed by atoms with Crippen LogP contribution in [0.1, 0.15) is 41.6 Å². The molecule has 1 N–H and O–H groups in total. The summed E-state index contributed by atoms with van der Waals surface area (Å²) in [5, 5.41) is 11.8. The third kappa shape index (κ3) is 4.32. The van der Waals surface area contributed by atoms with Crippen molar-refractivity contribution in [2.45, 2.75) is 31.3 Å². The zero-order valence-electron chi connectivity index (χ0n) is 22.4. The normalized spacial score (nSPS) is 20.8. The molecular formula is C28H29ClO10. The van der Waals surface area contributed by atoms with Crippen molar-refractivity contribution in [1.82, 2.24) is 0 Å². The molecule has 1 heterocycles. The number of hydrogen-bond donors (Lipinski definition) is 1. The maximum Gasteiger partial charge on any atom is 0.306 e. The number of methoxy groups -OCH3 is 5. The fourth-order valence-electron chi connectivity index (χ4n) is 5.24. The molecule has 0 bridgehead atoms. The van der Waals surface area contributed by atoms with E-state index in [0.717, 1.165) is 0 Å². The molecule has 2 aromatic rings. The molecule has 0 aromatic heterocycles. The predicted molar refractivity (Wildman–Crippen MR) is 140 cm³/mol. The number of aliphatic hydroxyl groups excluding tert-OH is 1. The zero-order valence-corrected chi connectivity index (χ0v) is 23.1. The molecule has 2 aliphatic rings. The molecule has 0 saturated carbocycles. The number of carbonyl (C=O) groups is 3. The number of esters is 1. The van der Waals surface area contributed by atoms with Crippen molar-refractivity contribution < 1.29 is 47.9 Å². The Morgan fingerprint density at radius 3 is 2.26 bits per heavy atom. The van der Waals surface area contributed by atoms with Gasteiger partial charge in [0, 0.05) is 29.9 Å². The molecule has 0 radical (unpaired) electrons. The van der Waals surface area contributed by atoms with E-state index < -0.39 is 40.7 Å². The molecular weight excluding hydrogens is 532 g/mol. The van der Waals surface area contributed by atoms with E-state index in [1.54, 1.807) is 25.1 Å². The molecule has 11 heteroatoms. The van der Waals surface area contributed by atoms with Crippen molar-refractivity contribution >= 4 is 29.1 Å². The highest BCUT2D eigenvalue weighted by molar-refractivity contribution is 6.35. The first-order chi connectivity index (χ1) is 18.6. The fourth-order valence-corrected chi connectivity index (χ4v) is 5.51. The minimum absolute atomic E-state index is 0.0166. The monoisotopic (exact) mass is 560 g/mol. The molecule has 0 saturated heterocycles. The topological polar surface area (TPSA) is 127 Å². The quantitative estimate of drug-likeness (QED) is 0.462. The van der Waals surface area contributed by atoms with Crippen LogP contribution < -0.4 is 23.7 Å². The average molecular weight is 561 g/mol. The van der Waals surface area contributed by atoms with Gasteiger partial charge in [0.1, 0.15) is 22.1 Å². The summed E-state index contributed by atoms with van der Waals surface area (Å²) in [6.45, 7) is 1.62. The van der Waals surface area contributed by atoms with Crippen LogP contribution in [0.25, 0.3) is 0 Å². The highest BCUT2D eigenvalue weighted by Gasteiger charge is 2.61. The number of rotatable bonds is 8. The molecule has 3 atom stereocenters. The summed E-state index contributed by atoms with van der Waals surface area (Å²) in [6, 6.07) is 6.31. The summed E-state index contributed by atoms with van der Waals surface area (Å²) in [5.74, 6) is -3.01. The third-order valence-electron chi connectivity index (χ3n) is 7.27. The van der Waals surface area contributed by atoms with Gasteiger partial charge in [0.15, 0.2) is 28.8 Å². The summed E-state index contributed by atoms with van der Waals surface area (Å²) in [6.07, 6.45) is -0.457. The van der Waals surface area contributed by atoms with Crippen molar-refractivity contribution in [2.24, 2.45) is 5.92 Å². The first-order valence-corrected chi connectivity index (χ1v) is 12.4. The number of carbonyl (C=O) groups excluding carboxylic acids is 3. The van der Waals surface area contributed by atoms with Gasteiger partial charge < -0.3 is 33.5 Å². The molecule has 0 fully saturated rings. The Kier molecular flexibility index (Phi) is 7.70. The first kappa shape index (κ1) is 28.1. The lowest BCUT2D eigenvalue weighted by Crippen LogP contribution is -2.53. The number of halogens is 1. The molecule has 39 heavy (non-hydrogen) atoms. The van der Waals surface area contributed by atoms with E-state index in [0.29, 0.717) is 17.1 Å². The van der Waals surface area contributed by atoms with E-state index in [9.17, 15) is 19.5 Å². The number of allylic oxidation sites excluding steroid dienone is 1. The van der Waals surface area contributed by atoms with Gasteiger partial charge >= 0.3 is 5.97 Å². The molecule has 0 amide bonds. The van der Waals surface area contributed by atoms with E-state index in [1.165, 1.54) is 41.6 Å². The molecule has 1 spiro atoms. The van der Waals surface area contributed by atoms with Crippen LogP contribution in [0.3, 0.4) is 0 Å². The highest BCUT2D eigenvalue weighted by atomic mass is 35.5. The van der Waals surface area contributed by atoms with Crippen molar-refractivity contribution in [3.63, 3.8) is 0 Å². The predicted octanol–water partition coefficient (Wildman–Crippen LogP) is 4.46. The van der Waals surface area contributed by atoms with Crippen molar-refractivity contribution in [3.8, 4) is 28.7 Å². The van der Waals surface area contributed by atoms with Gasteiger partial charge in [-0.15, -0.1) is 0 Å². The summed E-state index contributed by atoms with van der Waals surface area (Å²) in [5.41, 5.74) is -1.65. The Hall–Kier alpha value is -3.92. The lowest BCUT2D eigenvalue weighted by Gasteiger charge is -2.38. The lowest BCUT2D eigenvalue weighted by molar-refractivity contribution is -0.140. The third-order valence-corrected chi connectivity index (χ3v) is 7.63. The highest BCUT2D eigenvalue weighted by Crippen LogP contribution is 2.56. The van der Waals surface area contributed by atoms with Crippen LogP contribution in [0.2, 0.25) is 5.02 Å². The molecule has 2 aromatic carbocycles. The van der Waals surface area contributed by atoms with Gasteiger partial charge in [-0.1, -0.05) is 24.6 Å². The van der Waals surface area contributed by atoms with Gasteiger partial charge in [-0.05, 0) is 17.7 Å². The van der Waals surface area contributed by atoms with Gasteiger partial charge in [-0.2, -0.15) is 0 Å². The largest absolute Gasteiger partial charge is 0.507 e. The van der Waals surface area contributed by atoms with E-state index in [4.69, 9.17) is 40.0 Å². The van der Waals surface area contributed by atoms with Crippen molar-refractivity contribution in [2.75, 3.05) is 35.5 Å². The van der Waals surface area contributed by atoms with Crippen molar-refractivity contribution in [3.05, 3.63) is 51.7 Å². The summed E-state index contributed by atoms with van der Waals surface area (Å²) >= 11 is 6.51. The Bertz CT molecular complexity index is 1380. The molecule has 1 aliphatic carbocycles. The maximum atomic E-state index is 14.1. The molecule has 10 nitrogen and oxygen atoms in total. The van der Waals surface area contributed by atoms with Gasteiger partial charge in [0.05, 0.1) is 42.0 Å². The van der Waals surface area contributed by atoms with Crippen LogP contribution in [-0.4, -0.2) is 63.8 Å². The summed E-state index contributed by atoms with van der Waals surface area (Å²) in [7, 11) is 6.92. The Morgan fingerprint density at radius 1 is 1.03 bits per heavy atom. The first-order valence-electron chi connectivity index (χ1n) is 12.0. The average Bonchev–Trinajstić information content (AvgIpc) is 3.25. The van der Waals surface area contributed by atoms with Crippen LogP contribution in [0.15, 0.2) is 35.6 Å². The minimum atomic E-state index is -1.99. The van der Waals surface area contributed by atoms with Gasteiger partial charge in [0.25, 0.3) is 0 Å². The summed E-state index contributed by atoms with van der Waals surface area (Å²) in [4.78, 5) is 40.1. The van der Waals surface area contributed by atoms with Crippen LogP contribution >= 0.6 is 11.6 Å². The number of aliphatic hydroxyl groups is 1. The second kappa shape index (κ2) is 10.7. The molecule has 0 unspecified atom stereocenters. The van der Waals surface area contributed by atoms with Gasteiger partial charge in [-0.25, -0.2) is 0 Å². The maximum absolute atomic E-state index is 14.1. The van der Waals surface area contributed by atoms with E-state index in [-0.39, 0.29) is 46.2 Å². The van der Waals surface area contributed by atoms with Gasteiger partial charge in [0.2, 0.25) is 11.4 Å². The Labute approximate surface area is 230 Å². The van der Waals surface area contributed by atoms with E-state index in [1.807, 2.05) is 0 Å². The number of fused-ring (bicyclic) bond motifs is 1. The number of Topliss-reactive ketones (excluding diaryl/α,β-unsaturated/α-hetero) is 2. The second-order valence-corrected chi connectivity index (χ2v) is 9.58. The van der Waals surface area contributed by atoms with Gasteiger partial charge in [-0.3, -0.25) is 14.4 Å². The summed E-state index contributed by atoms with van der Waals surface area (Å²) < 4.78 is 32.5. The molecule has 208 valence electrons. The number of ether oxygens (including phenoxy) is 6. The van der Waals surface area contributed by atoms with Crippen LogP contribution in [0, 0.1) is 5.92 Å². The Balaban J connectivity index is 1.96. The standard InChI is InChI=1S/C28H29ClO10/c1-13-9-16(30)22(15(11-21(31)38-6)14-7-8-17(34-2)18(10-14)35-3)26(32)28(13)27(33)23-19(36-4)12-20(37-5)24(29)25(23)39-28/h7-8,10,12-13,15,32H,9,11H2,1-6H3/t13-,15+,28+/m1/s1. The zero-order chi connectivity index (χ0) is 28.6. The van der Waals surface area contributed by atoms with E-state index in [2.05, 4.69) is 0 Å². The Morgan fingerprint density at radius 2 is 1.67 bits per heavy atom. The smallest absolute Gasteiger partial charge is 0.306 e. The van der Waals surface area contributed by atoms with E-state index >= 15 is 0 Å². The van der Waals surface area contributed by atoms with Crippen LogP contribution in [0.4, 0.5) is 0 Å². The molecule has 4 rings (SSSR count). The number of ketones is 2. The number of hydrogen-bond acceptors (Lipinski definition) is 10. The van der Waals surface area contributed by atoms with Crippen LogP contribution in [-0.2, 0) is 14.3 Å². The number of benzene rings is 2. The minimum Gasteiger partial charge on any atom is -0.507 e. The SMILES string of the molecule is COC(=O)C[C@H](C1=C(O)[C@@]2(Oc3c(Cl)c(OC)cc(OC)c3C2=O)[C@H](C)CC1=O)c1ccc(OC)c(OC)c1. The van der Waals surface area contributed by atoms with Crippen molar-refractivity contribution in [1.29, 1.82) is 0 Å².